The Labute approximate surface area is 123 Å². The van der Waals surface area contributed by atoms with Crippen molar-refractivity contribution in [3.05, 3.63) is 66.2 Å². The molecule has 0 spiro atoms. The average molecular weight is 283 g/mol. The predicted molar refractivity (Wildman–Crippen MR) is 81.0 cm³/mol. The maximum atomic E-state index is 12.1. The number of anilines is 1. The highest BCUT2D eigenvalue weighted by atomic mass is 16.4. The van der Waals surface area contributed by atoms with Gasteiger partial charge in [0.15, 0.2) is 5.54 Å². The zero-order valence-electron chi connectivity index (χ0n) is 12.0. The van der Waals surface area contributed by atoms with E-state index in [4.69, 9.17) is 0 Å². The van der Waals surface area contributed by atoms with E-state index in [9.17, 15) is 14.7 Å². The molecular weight excluding hydrogens is 266 g/mol. The highest BCUT2D eigenvalue weighted by Crippen LogP contribution is 2.33. The van der Waals surface area contributed by atoms with E-state index in [-0.39, 0.29) is 5.91 Å². The third-order valence-corrected chi connectivity index (χ3v) is 3.53. The number of hydrogen-bond donors (Lipinski definition) is 1. The lowest BCUT2D eigenvalue weighted by Gasteiger charge is -2.37. The van der Waals surface area contributed by atoms with Crippen molar-refractivity contribution in [3.8, 4) is 0 Å². The van der Waals surface area contributed by atoms with Crippen molar-refractivity contribution in [2.75, 3.05) is 4.90 Å². The Morgan fingerprint density at radius 1 is 0.952 bits per heavy atom. The van der Waals surface area contributed by atoms with E-state index in [0.29, 0.717) is 11.3 Å². The van der Waals surface area contributed by atoms with E-state index in [1.165, 1.54) is 11.8 Å². The molecule has 0 aliphatic carbocycles. The van der Waals surface area contributed by atoms with Crippen LogP contribution in [-0.4, -0.2) is 17.0 Å². The second-order valence-electron chi connectivity index (χ2n) is 4.93. The minimum Gasteiger partial charge on any atom is -0.479 e. The van der Waals surface area contributed by atoms with Crippen LogP contribution in [0.1, 0.15) is 19.4 Å². The molecule has 0 saturated heterocycles. The van der Waals surface area contributed by atoms with Gasteiger partial charge < -0.3 is 5.11 Å². The molecule has 2 aromatic rings. The zero-order chi connectivity index (χ0) is 15.5. The van der Waals surface area contributed by atoms with E-state index in [1.54, 1.807) is 55.5 Å². The molecule has 0 fully saturated rings. The second kappa shape index (κ2) is 5.79. The van der Waals surface area contributed by atoms with Gasteiger partial charge in [-0.15, -0.1) is 0 Å². The van der Waals surface area contributed by atoms with Crippen LogP contribution in [0.15, 0.2) is 60.7 Å². The number of aliphatic carboxylic acids is 1. The first-order chi connectivity index (χ1) is 9.98. The van der Waals surface area contributed by atoms with Crippen LogP contribution in [0, 0.1) is 0 Å². The maximum absolute atomic E-state index is 12.1. The summed E-state index contributed by atoms with van der Waals surface area (Å²) >= 11 is 0. The van der Waals surface area contributed by atoms with Crippen molar-refractivity contribution in [3.63, 3.8) is 0 Å². The van der Waals surface area contributed by atoms with Gasteiger partial charge in [0.1, 0.15) is 0 Å². The number of carbonyl (C=O) groups excluding carboxylic acids is 1. The SMILES string of the molecule is CC(=O)N(c1ccccc1)[C@@](C)(C(=O)O)c1ccccc1. The molecule has 0 aliphatic rings. The molecule has 4 heteroatoms. The van der Waals surface area contributed by atoms with Crippen LogP contribution < -0.4 is 4.90 Å². The van der Waals surface area contributed by atoms with Gasteiger partial charge in [-0.3, -0.25) is 9.69 Å². The van der Waals surface area contributed by atoms with Gasteiger partial charge in [-0.1, -0.05) is 48.5 Å². The molecule has 1 amide bonds. The number of carboxylic acids is 1. The zero-order valence-corrected chi connectivity index (χ0v) is 12.0. The van der Waals surface area contributed by atoms with Crippen LogP contribution >= 0.6 is 0 Å². The molecule has 4 nitrogen and oxygen atoms in total. The number of amides is 1. The first-order valence-electron chi connectivity index (χ1n) is 6.62. The summed E-state index contributed by atoms with van der Waals surface area (Å²) < 4.78 is 0. The maximum Gasteiger partial charge on any atom is 0.334 e. The Morgan fingerprint density at radius 2 is 1.43 bits per heavy atom. The summed E-state index contributed by atoms with van der Waals surface area (Å²) in [7, 11) is 0. The van der Waals surface area contributed by atoms with Gasteiger partial charge in [0.25, 0.3) is 0 Å². The van der Waals surface area contributed by atoms with Crippen LogP contribution in [0.4, 0.5) is 5.69 Å². The monoisotopic (exact) mass is 283 g/mol. The van der Waals surface area contributed by atoms with Crippen molar-refractivity contribution < 1.29 is 14.7 Å². The number of para-hydroxylation sites is 1. The largest absolute Gasteiger partial charge is 0.479 e. The highest BCUT2D eigenvalue weighted by Gasteiger charge is 2.43. The number of carbonyl (C=O) groups is 2. The van der Waals surface area contributed by atoms with Crippen molar-refractivity contribution in [2.24, 2.45) is 0 Å². The molecule has 0 saturated carbocycles. The third kappa shape index (κ3) is 2.65. The summed E-state index contributed by atoms with van der Waals surface area (Å²) in [5.41, 5.74) is -0.357. The molecular formula is C17H17NO3. The normalized spacial score (nSPS) is 13.2. The van der Waals surface area contributed by atoms with Crippen LogP contribution in [0.2, 0.25) is 0 Å². The number of nitrogens with zero attached hydrogens (tertiary/aromatic N) is 1. The van der Waals surface area contributed by atoms with E-state index >= 15 is 0 Å². The quantitative estimate of drug-likeness (QED) is 0.938. The van der Waals surface area contributed by atoms with Crippen molar-refractivity contribution in [2.45, 2.75) is 19.4 Å². The Morgan fingerprint density at radius 3 is 1.86 bits per heavy atom. The molecule has 2 rings (SSSR count). The molecule has 0 unspecified atom stereocenters. The fourth-order valence-electron chi connectivity index (χ4n) is 2.44. The second-order valence-corrected chi connectivity index (χ2v) is 4.93. The molecule has 1 N–H and O–H groups in total. The Balaban J connectivity index is 2.64. The van der Waals surface area contributed by atoms with E-state index in [1.807, 2.05) is 12.1 Å². The van der Waals surface area contributed by atoms with E-state index in [2.05, 4.69) is 0 Å². The molecule has 0 bridgehead atoms. The molecule has 0 heterocycles. The molecule has 1 atom stereocenters. The van der Waals surface area contributed by atoms with Gasteiger partial charge in [0.2, 0.25) is 5.91 Å². The number of carboxylic acid groups (broad SMARTS) is 1. The minimum atomic E-state index is -1.46. The highest BCUT2D eigenvalue weighted by molar-refractivity contribution is 6.00. The lowest BCUT2D eigenvalue weighted by Crippen LogP contribution is -2.52. The van der Waals surface area contributed by atoms with Crippen molar-refractivity contribution in [1.82, 2.24) is 0 Å². The molecule has 21 heavy (non-hydrogen) atoms. The summed E-state index contributed by atoms with van der Waals surface area (Å²) in [6.45, 7) is 2.91. The summed E-state index contributed by atoms with van der Waals surface area (Å²) in [6, 6.07) is 17.6. The first-order valence-corrected chi connectivity index (χ1v) is 6.62. The summed E-state index contributed by atoms with van der Waals surface area (Å²) in [5, 5.41) is 9.77. The Hall–Kier alpha value is -2.62. The topological polar surface area (TPSA) is 57.6 Å². The number of hydrogen-bond acceptors (Lipinski definition) is 2. The minimum absolute atomic E-state index is 0.324. The summed E-state index contributed by atoms with van der Waals surface area (Å²) in [4.78, 5) is 25.4. The van der Waals surface area contributed by atoms with Crippen LogP contribution in [-0.2, 0) is 15.1 Å². The number of benzene rings is 2. The lowest BCUT2D eigenvalue weighted by atomic mass is 9.89. The van der Waals surface area contributed by atoms with Gasteiger partial charge in [0, 0.05) is 12.6 Å². The Kier molecular flexibility index (Phi) is 4.08. The summed E-state index contributed by atoms with van der Waals surface area (Å²) in [5.74, 6) is -1.40. The standard InChI is InChI=1S/C17H17NO3/c1-13(19)18(15-11-7-4-8-12-15)17(2,16(20)21)14-9-5-3-6-10-14/h3-12H,1-2H3,(H,20,21)/t17-/m1/s1. The van der Waals surface area contributed by atoms with Crippen LogP contribution in [0.5, 0.6) is 0 Å². The van der Waals surface area contributed by atoms with Gasteiger partial charge >= 0.3 is 5.97 Å². The average Bonchev–Trinajstić information content (AvgIpc) is 2.48. The van der Waals surface area contributed by atoms with Crippen molar-refractivity contribution >= 4 is 17.6 Å². The van der Waals surface area contributed by atoms with Crippen molar-refractivity contribution in [1.29, 1.82) is 0 Å². The fraction of sp³-hybridized carbons (Fsp3) is 0.176. The van der Waals surface area contributed by atoms with E-state index < -0.39 is 11.5 Å². The Bertz CT molecular complexity index is 640. The molecule has 108 valence electrons. The van der Waals surface area contributed by atoms with Gasteiger partial charge in [0.05, 0.1) is 0 Å². The first kappa shape index (κ1) is 14.8. The number of rotatable bonds is 4. The predicted octanol–water partition coefficient (Wildman–Crippen LogP) is 3.04. The molecule has 0 aliphatic heterocycles. The van der Waals surface area contributed by atoms with E-state index in [0.717, 1.165) is 0 Å². The van der Waals surface area contributed by atoms with Gasteiger partial charge in [-0.2, -0.15) is 0 Å². The molecule has 0 aromatic heterocycles. The lowest BCUT2D eigenvalue weighted by molar-refractivity contribution is -0.144. The van der Waals surface area contributed by atoms with Gasteiger partial charge in [-0.25, -0.2) is 4.79 Å². The third-order valence-electron chi connectivity index (χ3n) is 3.53. The smallest absolute Gasteiger partial charge is 0.334 e. The van der Waals surface area contributed by atoms with Crippen LogP contribution in [0.25, 0.3) is 0 Å². The van der Waals surface area contributed by atoms with Crippen LogP contribution in [0.3, 0.4) is 0 Å². The molecule has 2 aromatic carbocycles. The summed E-state index contributed by atoms with van der Waals surface area (Å²) in [6.07, 6.45) is 0. The molecule has 0 radical (unpaired) electrons. The fourth-order valence-corrected chi connectivity index (χ4v) is 2.44. The van der Waals surface area contributed by atoms with Gasteiger partial charge in [-0.05, 0) is 24.6 Å².